The predicted molar refractivity (Wildman–Crippen MR) is 84.0 cm³/mol. The number of amides is 1. The molecule has 1 aromatic rings. The zero-order valence-electron chi connectivity index (χ0n) is 13.3. The lowest BCUT2D eigenvalue weighted by atomic mass is 9.99. The van der Waals surface area contributed by atoms with Gasteiger partial charge in [0.25, 0.3) is 0 Å². The summed E-state index contributed by atoms with van der Waals surface area (Å²) in [7, 11) is 0. The molecule has 1 aliphatic rings. The Morgan fingerprint density at radius 3 is 2.32 bits per heavy atom. The van der Waals surface area contributed by atoms with Gasteiger partial charge in [0.2, 0.25) is 5.91 Å². The van der Waals surface area contributed by atoms with Gasteiger partial charge in [0, 0.05) is 38.6 Å². The molecular weight excluding hydrogens is 283 g/mol. The molecule has 1 aliphatic heterocycles. The zero-order chi connectivity index (χ0) is 16.1. The highest BCUT2D eigenvalue weighted by atomic mass is 19.1. The van der Waals surface area contributed by atoms with Gasteiger partial charge in [0.15, 0.2) is 0 Å². The van der Waals surface area contributed by atoms with Crippen LogP contribution in [0.1, 0.15) is 19.4 Å². The molecule has 0 saturated carbocycles. The van der Waals surface area contributed by atoms with Crippen molar-refractivity contribution in [3.63, 3.8) is 0 Å². The molecule has 1 amide bonds. The van der Waals surface area contributed by atoms with E-state index in [9.17, 15) is 14.3 Å². The molecule has 1 saturated heterocycles. The lowest BCUT2D eigenvalue weighted by Gasteiger charge is -2.36. The molecule has 0 unspecified atom stereocenters. The van der Waals surface area contributed by atoms with Crippen LogP contribution < -0.4 is 0 Å². The van der Waals surface area contributed by atoms with Gasteiger partial charge in [-0.1, -0.05) is 19.1 Å². The molecular formula is C17H25FN2O2. The normalized spacial score (nSPS) is 19.0. The van der Waals surface area contributed by atoms with Crippen LogP contribution in [0.2, 0.25) is 0 Å². The predicted octanol–water partition coefficient (Wildman–Crippen LogP) is 1.53. The second-order valence-corrected chi connectivity index (χ2v) is 6.21. The second-order valence-electron chi connectivity index (χ2n) is 6.21. The number of piperazine rings is 1. The van der Waals surface area contributed by atoms with Gasteiger partial charge in [0.1, 0.15) is 5.82 Å². The fraction of sp³-hybridized carbons (Fsp3) is 0.588. The van der Waals surface area contributed by atoms with E-state index in [1.165, 1.54) is 12.1 Å². The Kier molecular flexibility index (Phi) is 5.91. The Hall–Kier alpha value is -1.46. The summed E-state index contributed by atoms with van der Waals surface area (Å²) in [4.78, 5) is 16.6. The van der Waals surface area contributed by atoms with Crippen molar-refractivity contribution < 1.29 is 14.3 Å². The van der Waals surface area contributed by atoms with Crippen molar-refractivity contribution in [2.24, 2.45) is 5.92 Å². The van der Waals surface area contributed by atoms with Crippen LogP contribution in [0.25, 0.3) is 0 Å². The van der Waals surface area contributed by atoms with Crippen molar-refractivity contribution in [3.05, 3.63) is 35.6 Å². The van der Waals surface area contributed by atoms with Crippen LogP contribution in [-0.2, 0) is 11.2 Å². The standard InChI is InChI=1S/C17H25FN2O2/c1-13(11-15-3-5-16(18)6-4-15)17(22)20-9-7-19(8-10-20)12-14(2)21/h3-6,13-14,21H,7-12H2,1-2H3/t13-,14+/m0/s1. The molecule has 2 rings (SSSR count). The van der Waals surface area contributed by atoms with Crippen LogP contribution >= 0.6 is 0 Å². The first-order valence-corrected chi connectivity index (χ1v) is 7.89. The Labute approximate surface area is 131 Å². The molecule has 22 heavy (non-hydrogen) atoms. The topological polar surface area (TPSA) is 43.8 Å². The number of aliphatic hydroxyl groups is 1. The van der Waals surface area contributed by atoms with Crippen molar-refractivity contribution in [3.8, 4) is 0 Å². The maximum absolute atomic E-state index is 12.9. The van der Waals surface area contributed by atoms with Crippen molar-refractivity contribution in [2.75, 3.05) is 32.7 Å². The maximum atomic E-state index is 12.9. The van der Waals surface area contributed by atoms with Crippen LogP contribution in [0, 0.1) is 11.7 Å². The smallest absolute Gasteiger partial charge is 0.225 e. The molecule has 122 valence electrons. The number of hydrogen-bond acceptors (Lipinski definition) is 3. The van der Waals surface area contributed by atoms with Gasteiger partial charge in [-0.3, -0.25) is 9.69 Å². The Morgan fingerprint density at radius 2 is 1.77 bits per heavy atom. The highest BCUT2D eigenvalue weighted by molar-refractivity contribution is 5.78. The van der Waals surface area contributed by atoms with E-state index >= 15 is 0 Å². The van der Waals surface area contributed by atoms with Crippen molar-refractivity contribution in [2.45, 2.75) is 26.4 Å². The minimum Gasteiger partial charge on any atom is -0.392 e. The van der Waals surface area contributed by atoms with Crippen LogP contribution in [-0.4, -0.2) is 59.6 Å². The van der Waals surface area contributed by atoms with E-state index in [1.54, 1.807) is 19.1 Å². The molecule has 2 atom stereocenters. The molecule has 0 bridgehead atoms. The fourth-order valence-corrected chi connectivity index (χ4v) is 2.90. The highest BCUT2D eigenvalue weighted by Gasteiger charge is 2.25. The van der Waals surface area contributed by atoms with Crippen molar-refractivity contribution in [1.29, 1.82) is 0 Å². The molecule has 0 aliphatic carbocycles. The maximum Gasteiger partial charge on any atom is 0.225 e. The molecule has 1 N–H and O–H groups in total. The third-order valence-electron chi connectivity index (χ3n) is 4.08. The Bertz CT molecular complexity index is 482. The average molecular weight is 308 g/mol. The molecule has 4 nitrogen and oxygen atoms in total. The van der Waals surface area contributed by atoms with Crippen molar-refractivity contribution >= 4 is 5.91 Å². The lowest BCUT2D eigenvalue weighted by Crippen LogP contribution is -2.51. The summed E-state index contributed by atoms with van der Waals surface area (Å²) < 4.78 is 12.9. The highest BCUT2D eigenvalue weighted by Crippen LogP contribution is 2.14. The lowest BCUT2D eigenvalue weighted by molar-refractivity contribution is -0.136. The molecule has 0 spiro atoms. The van der Waals surface area contributed by atoms with E-state index < -0.39 is 0 Å². The van der Waals surface area contributed by atoms with Gasteiger partial charge in [-0.25, -0.2) is 4.39 Å². The van der Waals surface area contributed by atoms with Gasteiger partial charge in [-0.05, 0) is 31.0 Å². The fourth-order valence-electron chi connectivity index (χ4n) is 2.90. The zero-order valence-corrected chi connectivity index (χ0v) is 13.3. The summed E-state index contributed by atoms with van der Waals surface area (Å²) in [6.45, 7) is 7.39. The average Bonchev–Trinajstić information content (AvgIpc) is 2.49. The van der Waals surface area contributed by atoms with Crippen LogP contribution in [0.5, 0.6) is 0 Å². The third kappa shape index (κ3) is 4.78. The summed E-state index contributed by atoms with van der Waals surface area (Å²) in [5.41, 5.74) is 0.981. The van der Waals surface area contributed by atoms with Crippen LogP contribution in [0.4, 0.5) is 4.39 Å². The molecule has 0 radical (unpaired) electrons. The van der Waals surface area contributed by atoms with Crippen LogP contribution in [0.15, 0.2) is 24.3 Å². The summed E-state index contributed by atoms with van der Waals surface area (Å²) in [5.74, 6) is -0.202. The number of rotatable bonds is 5. The van der Waals surface area contributed by atoms with E-state index in [0.29, 0.717) is 26.1 Å². The van der Waals surface area contributed by atoms with Gasteiger partial charge < -0.3 is 10.0 Å². The van der Waals surface area contributed by atoms with Gasteiger partial charge in [0.05, 0.1) is 6.10 Å². The number of carbonyl (C=O) groups is 1. The van der Waals surface area contributed by atoms with Crippen molar-refractivity contribution in [1.82, 2.24) is 9.80 Å². The van der Waals surface area contributed by atoms with Gasteiger partial charge in [-0.2, -0.15) is 0 Å². The molecule has 1 heterocycles. The summed E-state index contributed by atoms with van der Waals surface area (Å²) in [5, 5.41) is 9.40. The SMILES string of the molecule is C[C@@H](O)CN1CCN(C(=O)[C@@H](C)Cc2ccc(F)cc2)CC1. The summed E-state index contributed by atoms with van der Waals surface area (Å²) in [6, 6.07) is 6.34. The van der Waals surface area contributed by atoms with E-state index in [2.05, 4.69) is 4.90 Å². The molecule has 1 aromatic carbocycles. The Balaban J connectivity index is 1.82. The quantitative estimate of drug-likeness (QED) is 0.897. The third-order valence-corrected chi connectivity index (χ3v) is 4.08. The summed E-state index contributed by atoms with van der Waals surface area (Å²) >= 11 is 0. The summed E-state index contributed by atoms with van der Waals surface area (Å²) in [6.07, 6.45) is 0.298. The van der Waals surface area contributed by atoms with Gasteiger partial charge in [-0.15, -0.1) is 0 Å². The molecule has 5 heteroatoms. The van der Waals surface area contributed by atoms with Gasteiger partial charge >= 0.3 is 0 Å². The Morgan fingerprint density at radius 1 is 1.18 bits per heavy atom. The monoisotopic (exact) mass is 308 g/mol. The minimum absolute atomic E-state index is 0.103. The number of carbonyl (C=O) groups excluding carboxylic acids is 1. The number of halogens is 1. The number of hydrogen-bond donors (Lipinski definition) is 1. The molecule has 1 fully saturated rings. The second kappa shape index (κ2) is 7.70. The number of aliphatic hydroxyl groups excluding tert-OH is 1. The van der Waals surface area contributed by atoms with E-state index in [1.807, 2.05) is 11.8 Å². The number of nitrogens with zero attached hydrogens (tertiary/aromatic N) is 2. The minimum atomic E-state index is -0.334. The number of benzene rings is 1. The first kappa shape index (κ1) is 16.9. The first-order valence-electron chi connectivity index (χ1n) is 7.89. The first-order chi connectivity index (χ1) is 10.5. The van der Waals surface area contributed by atoms with Crippen LogP contribution in [0.3, 0.4) is 0 Å². The largest absolute Gasteiger partial charge is 0.392 e. The number of β-amino-alcohol motifs (C(OH)–C–C–N with tert-alkyl or cyclic N) is 1. The van der Waals surface area contributed by atoms with E-state index in [4.69, 9.17) is 0 Å². The van der Waals surface area contributed by atoms with E-state index in [-0.39, 0.29) is 23.7 Å². The van der Waals surface area contributed by atoms with E-state index in [0.717, 1.165) is 18.7 Å². The molecule has 0 aromatic heterocycles.